The normalized spacial score (nSPS) is 17.6. The van der Waals surface area contributed by atoms with Gasteiger partial charge in [-0.25, -0.2) is 0 Å². The van der Waals surface area contributed by atoms with E-state index in [4.69, 9.17) is 4.74 Å². The minimum absolute atomic E-state index is 0.0103. The van der Waals surface area contributed by atoms with E-state index in [2.05, 4.69) is 16.7 Å². The molecule has 270 valence electrons. The number of carbonyl (C=O) groups excluding carboxylic acids is 5. The van der Waals surface area contributed by atoms with E-state index >= 15 is 0 Å². The Morgan fingerprint density at radius 1 is 0.712 bits per heavy atom. The number of carbonyl (C=O) groups is 5. The van der Waals surface area contributed by atoms with Crippen LogP contribution < -0.4 is 10.6 Å². The van der Waals surface area contributed by atoms with Gasteiger partial charge >= 0.3 is 5.97 Å². The molecule has 6 rings (SSSR count). The van der Waals surface area contributed by atoms with Crippen LogP contribution in [0, 0.1) is 11.8 Å². The number of amides is 4. The fourth-order valence-electron chi connectivity index (χ4n) is 7.30. The van der Waals surface area contributed by atoms with Crippen LogP contribution in [0.2, 0.25) is 0 Å². The lowest BCUT2D eigenvalue weighted by atomic mass is 9.90. The summed E-state index contributed by atoms with van der Waals surface area (Å²) in [5.74, 6) is -1.70. The van der Waals surface area contributed by atoms with Crippen molar-refractivity contribution < 1.29 is 28.7 Å². The number of hydrogen-bond acceptors (Lipinski definition) is 6. The molecule has 0 spiro atoms. The van der Waals surface area contributed by atoms with Gasteiger partial charge in [0.25, 0.3) is 0 Å². The van der Waals surface area contributed by atoms with Crippen molar-refractivity contribution in [3.8, 4) is 11.1 Å². The van der Waals surface area contributed by atoms with E-state index in [0.29, 0.717) is 37.3 Å². The number of rotatable bonds is 11. The number of methoxy groups -OCH3 is 1. The molecule has 2 saturated heterocycles. The first-order valence-corrected chi connectivity index (χ1v) is 18.1. The monoisotopic (exact) mass is 702 g/mol. The van der Waals surface area contributed by atoms with E-state index in [0.717, 1.165) is 40.3 Å². The molecule has 2 fully saturated rings. The minimum Gasteiger partial charge on any atom is -0.469 e. The van der Waals surface area contributed by atoms with Crippen LogP contribution in [0.3, 0.4) is 0 Å². The van der Waals surface area contributed by atoms with Gasteiger partial charge in [0.2, 0.25) is 23.6 Å². The summed E-state index contributed by atoms with van der Waals surface area (Å²) < 4.78 is 4.81. The van der Waals surface area contributed by atoms with Gasteiger partial charge in [-0.1, -0.05) is 74.5 Å². The first-order valence-electron chi connectivity index (χ1n) is 18.1. The number of esters is 1. The maximum Gasteiger partial charge on any atom is 0.306 e. The number of benzene rings is 4. The highest BCUT2D eigenvalue weighted by molar-refractivity contribution is 6.01. The number of hydrogen-bond donors (Lipinski definition) is 2. The van der Waals surface area contributed by atoms with Crippen molar-refractivity contribution in [1.82, 2.24) is 9.80 Å². The fourth-order valence-corrected chi connectivity index (χ4v) is 7.30. The van der Waals surface area contributed by atoms with Gasteiger partial charge in [-0.15, -0.1) is 0 Å². The SMILES string of the molecule is COC(=O)C[C@H](C(=O)N1CCC[C@H]1C(=O)Nc1ccc2cc(-c3ccc(NC(=O)[C@@H]4CCCN4C(=O)Cc4ccccc4)cc3)ccc2c1)C(C)C. The van der Waals surface area contributed by atoms with Gasteiger partial charge in [-0.05, 0) is 89.4 Å². The number of ether oxygens (including phenoxy) is 1. The summed E-state index contributed by atoms with van der Waals surface area (Å²) in [4.78, 5) is 68.4. The Morgan fingerprint density at radius 2 is 1.29 bits per heavy atom. The van der Waals surface area contributed by atoms with Crippen LogP contribution >= 0.6 is 0 Å². The van der Waals surface area contributed by atoms with E-state index in [-0.39, 0.29) is 42.4 Å². The molecule has 0 bridgehead atoms. The molecule has 52 heavy (non-hydrogen) atoms. The van der Waals surface area contributed by atoms with E-state index in [1.54, 1.807) is 9.80 Å². The highest BCUT2D eigenvalue weighted by Gasteiger charge is 2.39. The second-order valence-electron chi connectivity index (χ2n) is 14.1. The van der Waals surface area contributed by atoms with Crippen molar-refractivity contribution in [2.75, 3.05) is 30.8 Å². The van der Waals surface area contributed by atoms with Gasteiger partial charge in [0, 0.05) is 24.5 Å². The van der Waals surface area contributed by atoms with Crippen LogP contribution in [0.4, 0.5) is 11.4 Å². The number of anilines is 2. The average Bonchev–Trinajstić information content (AvgIpc) is 3.85. The van der Waals surface area contributed by atoms with E-state index in [1.165, 1.54) is 7.11 Å². The van der Waals surface area contributed by atoms with Crippen molar-refractivity contribution >= 4 is 51.7 Å². The Bertz CT molecular complexity index is 1940. The molecule has 2 N–H and O–H groups in total. The lowest BCUT2D eigenvalue weighted by Gasteiger charge is -2.29. The van der Waals surface area contributed by atoms with Crippen LogP contribution in [0.1, 0.15) is 51.5 Å². The molecule has 4 aromatic rings. The van der Waals surface area contributed by atoms with Crippen molar-refractivity contribution in [3.63, 3.8) is 0 Å². The van der Waals surface area contributed by atoms with Crippen molar-refractivity contribution in [3.05, 3.63) is 96.6 Å². The average molecular weight is 703 g/mol. The Labute approximate surface area is 304 Å². The molecule has 0 aliphatic carbocycles. The number of likely N-dealkylation sites (tertiary alicyclic amines) is 2. The summed E-state index contributed by atoms with van der Waals surface area (Å²) in [6, 6.07) is 28.0. The molecule has 0 aromatic heterocycles. The molecule has 4 amide bonds. The predicted octanol–water partition coefficient (Wildman–Crippen LogP) is 6.44. The zero-order valence-electron chi connectivity index (χ0n) is 30.0. The smallest absolute Gasteiger partial charge is 0.306 e. The van der Waals surface area contributed by atoms with Gasteiger partial charge in [0.15, 0.2) is 0 Å². The highest BCUT2D eigenvalue weighted by Crippen LogP contribution is 2.30. The predicted molar refractivity (Wildman–Crippen MR) is 201 cm³/mol. The molecule has 10 nitrogen and oxygen atoms in total. The second kappa shape index (κ2) is 16.2. The van der Waals surface area contributed by atoms with Gasteiger partial charge in [-0.3, -0.25) is 24.0 Å². The summed E-state index contributed by atoms with van der Waals surface area (Å²) in [6.45, 7) is 4.85. The van der Waals surface area contributed by atoms with Crippen LogP contribution in [-0.2, 0) is 35.1 Å². The highest BCUT2D eigenvalue weighted by atomic mass is 16.5. The first-order chi connectivity index (χ1) is 25.1. The maximum atomic E-state index is 13.4. The van der Waals surface area contributed by atoms with E-state index < -0.39 is 24.0 Å². The first kappa shape index (κ1) is 36.3. The molecule has 10 heteroatoms. The van der Waals surface area contributed by atoms with Gasteiger partial charge in [0.1, 0.15) is 12.1 Å². The standard InChI is InChI=1S/C42H46N4O6/c1-27(2)35(26-39(48)52-3)42(51)46-22-8-12-37(46)41(50)44-34-20-17-31-24-30(13-14-32(31)25-34)29-15-18-33(19-16-29)43-40(49)36-11-7-21-45(36)38(47)23-28-9-5-4-6-10-28/h4-6,9-10,13-20,24-25,27,35-37H,7-8,11-12,21-23,26H2,1-3H3,(H,43,49)(H,44,50)/t35-,36-,37-/m0/s1. The topological polar surface area (TPSA) is 125 Å². The van der Waals surface area contributed by atoms with Crippen LogP contribution in [0.5, 0.6) is 0 Å². The van der Waals surface area contributed by atoms with Crippen molar-refractivity contribution in [2.24, 2.45) is 11.8 Å². The molecular formula is C42H46N4O6. The molecule has 2 aliphatic heterocycles. The molecule has 3 atom stereocenters. The van der Waals surface area contributed by atoms with Crippen LogP contribution in [0.25, 0.3) is 21.9 Å². The summed E-state index contributed by atoms with van der Waals surface area (Å²) in [5, 5.41) is 7.96. The van der Waals surface area contributed by atoms with Crippen LogP contribution in [0.15, 0.2) is 91.0 Å². The number of fused-ring (bicyclic) bond motifs is 1. The Hall–Kier alpha value is -5.51. The molecule has 0 radical (unpaired) electrons. The van der Waals surface area contributed by atoms with Gasteiger partial charge < -0.3 is 25.2 Å². The third-order valence-corrected chi connectivity index (χ3v) is 10.2. The largest absolute Gasteiger partial charge is 0.469 e. The summed E-state index contributed by atoms with van der Waals surface area (Å²) in [7, 11) is 1.31. The van der Waals surface area contributed by atoms with Crippen molar-refractivity contribution in [2.45, 2.75) is 64.5 Å². The van der Waals surface area contributed by atoms with Crippen molar-refractivity contribution in [1.29, 1.82) is 0 Å². The molecule has 2 heterocycles. The summed E-state index contributed by atoms with van der Waals surface area (Å²) in [5.41, 5.74) is 4.23. The number of nitrogens with zero attached hydrogens (tertiary/aromatic N) is 2. The minimum atomic E-state index is -0.601. The second-order valence-corrected chi connectivity index (χ2v) is 14.1. The molecule has 0 unspecified atom stereocenters. The van der Waals surface area contributed by atoms with E-state index in [1.807, 2.05) is 98.8 Å². The molecule has 2 aliphatic rings. The Kier molecular flexibility index (Phi) is 11.3. The zero-order valence-corrected chi connectivity index (χ0v) is 30.0. The summed E-state index contributed by atoms with van der Waals surface area (Å²) >= 11 is 0. The zero-order chi connectivity index (χ0) is 36.8. The fraction of sp³-hybridized carbons (Fsp3) is 0.357. The molecular weight excluding hydrogens is 656 g/mol. The summed E-state index contributed by atoms with van der Waals surface area (Å²) in [6.07, 6.45) is 2.99. The quantitative estimate of drug-likeness (QED) is 0.173. The van der Waals surface area contributed by atoms with Gasteiger partial charge in [0.05, 0.1) is 25.9 Å². The maximum absolute atomic E-state index is 13.4. The third-order valence-electron chi connectivity index (χ3n) is 10.2. The third kappa shape index (κ3) is 8.33. The lowest BCUT2D eigenvalue weighted by Crippen LogP contribution is -2.47. The van der Waals surface area contributed by atoms with E-state index in [9.17, 15) is 24.0 Å². The van der Waals surface area contributed by atoms with Gasteiger partial charge in [-0.2, -0.15) is 0 Å². The Balaban J connectivity index is 1.07. The van der Waals surface area contributed by atoms with Crippen LogP contribution in [-0.4, -0.2) is 71.7 Å². The Morgan fingerprint density at radius 3 is 1.96 bits per heavy atom. The lowest BCUT2D eigenvalue weighted by molar-refractivity contribution is -0.149. The molecule has 0 saturated carbocycles. The molecule has 4 aromatic carbocycles. The number of nitrogens with one attached hydrogen (secondary N) is 2.